The van der Waals surface area contributed by atoms with Crippen LogP contribution in [0.1, 0.15) is 37.2 Å². The summed E-state index contributed by atoms with van der Waals surface area (Å²) in [4.78, 5) is 10.9. The summed E-state index contributed by atoms with van der Waals surface area (Å²) < 4.78 is 0. The molecule has 1 atom stereocenters. The van der Waals surface area contributed by atoms with E-state index in [9.17, 15) is 4.79 Å². The van der Waals surface area contributed by atoms with Gasteiger partial charge in [0.15, 0.2) is 5.82 Å². The molecule has 0 saturated heterocycles. The maximum Gasteiger partial charge on any atom is 0.306 e. The van der Waals surface area contributed by atoms with E-state index in [1.54, 1.807) is 0 Å². The summed E-state index contributed by atoms with van der Waals surface area (Å²) in [6, 6.07) is 8.48. The highest BCUT2D eigenvalue weighted by molar-refractivity contribution is 5.70. The van der Waals surface area contributed by atoms with E-state index in [1.165, 1.54) is 11.1 Å². The number of aryl methyl sites for hydroxylation is 2. The lowest BCUT2D eigenvalue weighted by Crippen LogP contribution is -2.19. The molecule has 0 aliphatic rings. The Morgan fingerprint density at radius 2 is 1.73 bits per heavy atom. The average Bonchev–Trinajstić information content (AvgIpc) is 2.94. The highest BCUT2D eigenvalue weighted by Gasteiger charge is 2.21. The number of aliphatic carboxylic acids is 1. The molecule has 6 nitrogen and oxygen atoms in total. The molecule has 0 radical (unpaired) electrons. The Labute approximate surface area is 131 Å². The topological polar surface area (TPSA) is 91.8 Å². The van der Waals surface area contributed by atoms with E-state index in [1.807, 2.05) is 13.8 Å². The summed E-state index contributed by atoms with van der Waals surface area (Å²) in [7, 11) is 0. The number of rotatable bonds is 5. The van der Waals surface area contributed by atoms with Gasteiger partial charge in [0.25, 0.3) is 0 Å². The third kappa shape index (κ3) is 6.97. The molecule has 22 heavy (non-hydrogen) atoms. The van der Waals surface area contributed by atoms with Crippen LogP contribution >= 0.6 is 0 Å². The molecule has 0 amide bonds. The number of nitrogens with zero attached hydrogens (tertiary/aromatic N) is 3. The van der Waals surface area contributed by atoms with Crippen LogP contribution in [0.5, 0.6) is 0 Å². The second-order valence-electron chi connectivity index (χ2n) is 5.85. The third-order valence-electron chi connectivity index (χ3n) is 3.14. The van der Waals surface area contributed by atoms with Gasteiger partial charge < -0.3 is 5.11 Å². The molecule has 0 bridgehead atoms. The lowest BCUT2D eigenvalue weighted by atomic mass is 9.94. The Balaban J connectivity index is 0.000000255. The number of carbonyl (C=O) groups is 1. The number of benzene rings is 1. The van der Waals surface area contributed by atoms with Crippen molar-refractivity contribution in [3.8, 4) is 0 Å². The van der Waals surface area contributed by atoms with Crippen LogP contribution in [0.2, 0.25) is 0 Å². The van der Waals surface area contributed by atoms with Gasteiger partial charge in [-0.3, -0.25) is 4.79 Å². The molecule has 1 heterocycles. The van der Waals surface area contributed by atoms with Gasteiger partial charge >= 0.3 is 5.97 Å². The predicted octanol–water partition coefficient (Wildman–Crippen LogP) is 2.79. The van der Waals surface area contributed by atoms with Crippen molar-refractivity contribution in [3.63, 3.8) is 0 Å². The van der Waals surface area contributed by atoms with Gasteiger partial charge in [0, 0.05) is 6.42 Å². The third-order valence-corrected chi connectivity index (χ3v) is 3.14. The summed E-state index contributed by atoms with van der Waals surface area (Å²) in [5.41, 5.74) is 2.66. The fourth-order valence-electron chi connectivity index (χ4n) is 1.97. The molecule has 6 heteroatoms. The van der Waals surface area contributed by atoms with Crippen molar-refractivity contribution >= 4 is 5.97 Å². The van der Waals surface area contributed by atoms with E-state index in [0.29, 0.717) is 24.6 Å². The number of aromatic nitrogens is 4. The summed E-state index contributed by atoms with van der Waals surface area (Å²) in [5.74, 6) is -0.419. The second-order valence-corrected chi connectivity index (χ2v) is 5.85. The van der Waals surface area contributed by atoms with E-state index >= 15 is 0 Å². The van der Waals surface area contributed by atoms with Crippen LogP contribution in [0.4, 0.5) is 0 Å². The van der Waals surface area contributed by atoms with Gasteiger partial charge in [-0.25, -0.2) is 0 Å². The van der Waals surface area contributed by atoms with E-state index < -0.39 is 11.9 Å². The van der Waals surface area contributed by atoms with Crippen LogP contribution < -0.4 is 0 Å². The number of hydrogen-bond acceptors (Lipinski definition) is 4. The minimum absolute atomic E-state index is 0.337. The zero-order valence-corrected chi connectivity index (χ0v) is 13.6. The summed E-state index contributed by atoms with van der Waals surface area (Å²) in [6.07, 6.45) is 0.966. The predicted molar refractivity (Wildman–Crippen MR) is 84.4 cm³/mol. The Bertz CT molecular complexity index is 529. The smallest absolute Gasteiger partial charge is 0.306 e. The number of H-pyrrole nitrogens is 1. The van der Waals surface area contributed by atoms with Crippen molar-refractivity contribution < 1.29 is 9.90 Å². The molecule has 0 aliphatic heterocycles. The number of carboxylic acids is 1. The van der Waals surface area contributed by atoms with Crippen molar-refractivity contribution in [3.05, 3.63) is 41.2 Å². The number of aromatic amines is 1. The van der Waals surface area contributed by atoms with E-state index in [2.05, 4.69) is 58.7 Å². The lowest BCUT2D eigenvalue weighted by molar-refractivity contribution is -0.142. The van der Waals surface area contributed by atoms with E-state index in [-0.39, 0.29) is 0 Å². The Morgan fingerprint density at radius 1 is 1.18 bits per heavy atom. The molecule has 2 aromatic rings. The number of carboxylic acid groups (broad SMARTS) is 1. The second kappa shape index (κ2) is 8.92. The molecule has 2 N–H and O–H groups in total. The standard InChI is InChI=1S/C8H14N4O2.C8H10/c1-5(2)3-6(8(13)14)4-7-9-11-12-10-7;1-7-3-5-8(2)6-4-7/h5-6H,3-4H2,1-2H3,(H,13,14)(H,9,10,11,12);3-6H,1-2H3. The van der Waals surface area contributed by atoms with Gasteiger partial charge in [-0.2, -0.15) is 5.21 Å². The van der Waals surface area contributed by atoms with E-state index in [0.717, 1.165) is 0 Å². The van der Waals surface area contributed by atoms with Gasteiger partial charge in [-0.15, -0.1) is 10.2 Å². The first-order valence-corrected chi connectivity index (χ1v) is 7.37. The fourth-order valence-corrected chi connectivity index (χ4v) is 1.97. The van der Waals surface area contributed by atoms with Crippen LogP contribution in [-0.2, 0) is 11.2 Å². The van der Waals surface area contributed by atoms with Crippen molar-refractivity contribution in [2.24, 2.45) is 11.8 Å². The quantitative estimate of drug-likeness (QED) is 0.886. The van der Waals surface area contributed by atoms with Gasteiger partial charge in [0.05, 0.1) is 5.92 Å². The number of hydrogen-bond donors (Lipinski definition) is 2. The van der Waals surface area contributed by atoms with E-state index in [4.69, 9.17) is 5.11 Å². The molecular weight excluding hydrogens is 280 g/mol. The van der Waals surface area contributed by atoms with Crippen LogP contribution in [0.15, 0.2) is 24.3 Å². The maximum absolute atomic E-state index is 10.9. The number of nitrogens with one attached hydrogen (secondary N) is 1. The Morgan fingerprint density at radius 3 is 2.09 bits per heavy atom. The van der Waals surface area contributed by atoms with Crippen LogP contribution in [0.25, 0.3) is 0 Å². The molecule has 0 aliphatic carbocycles. The van der Waals surface area contributed by atoms with Gasteiger partial charge in [-0.05, 0) is 26.2 Å². The fraction of sp³-hybridized carbons (Fsp3) is 0.500. The molecule has 0 saturated carbocycles. The average molecular weight is 304 g/mol. The van der Waals surface area contributed by atoms with Gasteiger partial charge in [0.1, 0.15) is 0 Å². The van der Waals surface area contributed by atoms with Crippen LogP contribution in [0, 0.1) is 25.7 Å². The summed E-state index contributed by atoms with van der Waals surface area (Å²) >= 11 is 0. The largest absolute Gasteiger partial charge is 0.481 e. The molecular formula is C16H24N4O2. The first-order chi connectivity index (χ1) is 10.4. The minimum atomic E-state index is -0.802. The zero-order valence-electron chi connectivity index (χ0n) is 13.6. The molecule has 1 aromatic heterocycles. The Kier molecular flexibility index (Phi) is 7.22. The lowest BCUT2D eigenvalue weighted by Gasteiger charge is -2.11. The number of tetrazole rings is 1. The van der Waals surface area contributed by atoms with Crippen molar-refractivity contribution in [2.75, 3.05) is 0 Å². The van der Waals surface area contributed by atoms with Gasteiger partial charge in [-0.1, -0.05) is 54.5 Å². The summed E-state index contributed by atoms with van der Waals surface area (Å²) in [6.45, 7) is 8.18. The highest BCUT2D eigenvalue weighted by atomic mass is 16.4. The van der Waals surface area contributed by atoms with Crippen molar-refractivity contribution in [2.45, 2.75) is 40.5 Å². The molecule has 120 valence electrons. The van der Waals surface area contributed by atoms with Gasteiger partial charge in [0.2, 0.25) is 0 Å². The summed E-state index contributed by atoms with van der Waals surface area (Å²) in [5, 5.41) is 22.1. The molecule has 0 spiro atoms. The first kappa shape index (κ1) is 17.8. The molecule has 1 aromatic carbocycles. The first-order valence-electron chi connectivity index (χ1n) is 7.37. The maximum atomic E-state index is 10.9. The van der Waals surface area contributed by atoms with Crippen LogP contribution in [0.3, 0.4) is 0 Å². The molecule has 1 unspecified atom stereocenters. The van der Waals surface area contributed by atoms with Crippen LogP contribution in [-0.4, -0.2) is 31.7 Å². The monoisotopic (exact) mass is 304 g/mol. The molecule has 0 fully saturated rings. The highest BCUT2D eigenvalue weighted by Crippen LogP contribution is 2.15. The van der Waals surface area contributed by atoms with Crippen molar-refractivity contribution in [1.29, 1.82) is 0 Å². The van der Waals surface area contributed by atoms with Crippen molar-refractivity contribution in [1.82, 2.24) is 20.6 Å². The minimum Gasteiger partial charge on any atom is -0.481 e. The zero-order chi connectivity index (χ0) is 16.5. The normalized spacial score (nSPS) is 11.7. The Hall–Kier alpha value is -2.24. The SMILES string of the molecule is CC(C)CC(Cc1nn[nH]n1)C(=O)O.Cc1ccc(C)cc1. The molecule has 2 rings (SSSR count).